The molecule has 0 atom stereocenters. The van der Waals surface area contributed by atoms with Crippen LogP contribution < -0.4 is 10.4 Å². The number of nitrogens with zero attached hydrogens (tertiary/aromatic N) is 2. The first-order chi connectivity index (χ1) is 15.3. The molecule has 0 spiro atoms. The first-order valence-electron chi connectivity index (χ1n) is 11.1. The Balaban J connectivity index is 2.11. The van der Waals surface area contributed by atoms with E-state index in [0.29, 0.717) is 20.8 Å². The number of aromatic amines is 1. The molecule has 1 saturated heterocycles. The van der Waals surface area contributed by atoms with Crippen molar-refractivity contribution in [3.8, 4) is 0 Å². The average Bonchev–Trinajstić information content (AvgIpc) is 3.10. The minimum Gasteiger partial charge on any atom is -0.443 e. The molecule has 0 radical (unpaired) electrons. The van der Waals surface area contributed by atoms with Gasteiger partial charge in [0.05, 0.1) is 16.7 Å². The Morgan fingerprint density at radius 2 is 1.44 bits per heavy atom. The zero-order valence-electron chi connectivity index (χ0n) is 21.5. The van der Waals surface area contributed by atoms with Gasteiger partial charge in [-0.25, -0.2) is 9.59 Å². The lowest BCUT2D eigenvalue weighted by Crippen LogP contribution is -2.44. The Kier molecular flexibility index (Phi) is 6.65. The van der Waals surface area contributed by atoms with Gasteiger partial charge in [0.1, 0.15) is 11.2 Å². The molecule has 1 aliphatic heterocycles. The number of benzene rings is 1. The van der Waals surface area contributed by atoms with Crippen molar-refractivity contribution in [2.24, 2.45) is 0 Å². The van der Waals surface area contributed by atoms with Crippen LogP contribution in [0.1, 0.15) is 69.2 Å². The van der Waals surface area contributed by atoms with E-state index in [-0.39, 0.29) is 5.82 Å². The van der Waals surface area contributed by atoms with Crippen LogP contribution in [0.15, 0.2) is 16.6 Å². The van der Waals surface area contributed by atoms with Crippen LogP contribution in [0.2, 0.25) is 0 Å². The summed E-state index contributed by atoms with van der Waals surface area (Å²) in [6.07, 6.45) is -1.79. The summed E-state index contributed by atoms with van der Waals surface area (Å²) in [7, 11) is -0.648. The van der Waals surface area contributed by atoms with Gasteiger partial charge in [-0.05, 0) is 103 Å². The van der Waals surface area contributed by atoms with E-state index in [1.165, 1.54) is 0 Å². The predicted octanol–water partition coefficient (Wildman–Crippen LogP) is 5.30. The molecule has 1 aromatic heterocycles. The molecule has 0 unspecified atom stereocenters. The first-order valence-corrected chi connectivity index (χ1v) is 11.9. The van der Waals surface area contributed by atoms with Crippen LogP contribution in [0.5, 0.6) is 0 Å². The summed E-state index contributed by atoms with van der Waals surface area (Å²) >= 11 is 3.55. The molecule has 1 aliphatic rings. The van der Waals surface area contributed by atoms with Gasteiger partial charge in [0.15, 0.2) is 5.82 Å². The van der Waals surface area contributed by atoms with Gasteiger partial charge < -0.3 is 18.8 Å². The van der Waals surface area contributed by atoms with E-state index in [4.69, 9.17) is 18.8 Å². The fourth-order valence-electron chi connectivity index (χ4n) is 3.24. The molecule has 1 aromatic carbocycles. The van der Waals surface area contributed by atoms with Crippen molar-refractivity contribution in [2.75, 3.05) is 4.90 Å². The van der Waals surface area contributed by atoms with E-state index < -0.39 is 41.7 Å². The van der Waals surface area contributed by atoms with Crippen molar-refractivity contribution in [1.29, 1.82) is 0 Å². The normalized spacial score (nSPS) is 17.7. The number of rotatable bonds is 2. The van der Waals surface area contributed by atoms with E-state index in [0.717, 1.165) is 4.90 Å². The SMILES string of the molecule is CC(C)(C)OC(=O)N(C(=O)OC(C)(C)C)c1n[nH]c2c(Br)cc(B3OC(C)(C)C(C)(C)O3)cc12. The molecule has 186 valence electrons. The monoisotopic (exact) mass is 537 g/mol. The Labute approximate surface area is 209 Å². The molecule has 3 rings (SSSR count). The second kappa shape index (κ2) is 8.53. The lowest BCUT2D eigenvalue weighted by molar-refractivity contribution is 0.00578. The number of halogens is 1. The number of carbonyl (C=O) groups excluding carboxylic acids is 2. The quantitative estimate of drug-likeness (QED) is 0.518. The number of ether oxygens (including phenoxy) is 2. The zero-order chi connectivity index (χ0) is 25.9. The summed E-state index contributed by atoms with van der Waals surface area (Å²) in [5.41, 5.74) is -1.44. The van der Waals surface area contributed by atoms with Gasteiger partial charge in [0.25, 0.3) is 0 Å². The van der Waals surface area contributed by atoms with Crippen molar-refractivity contribution < 1.29 is 28.4 Å². The number of H-pyrrole nitrogens is 1. The smallest absolute Gasteiger partial charge is 0.443 e. The van der Waals surface area contributed by atoms with Crippen molar-refractivity contribution in [2.45, 2.75) is 91.6 Å². The molecule has 2 heterocycles. The van der Waals surface area contributed by atoms with E-state index in [2.05, 4.69) is 26.1 Å². The summed E-state index contributed by atoms with van der Waals surface area (Å²) in [5.74, 6) is 0.0533. The maximum absolute atomic E-state index is 13.1. The highest BCUT2D eigenvalue weighted by molar-refractivity contribution is 9.10. The molecular weight excluding hydrogens is 505 g/mol. The fraction of sp³-hybridized carbons (Fsp3) is 0.609. The van der Waals surface area contributed by atoms with Gasteiger partial charge in [-0.2, -0.15) is 10.00 Å². The molecule has 0 saturated carbocycles. The van der Waals surface area contributed by atoms with Crippen molar-refractivity contribution in [3.05, 3.63) is 16.6 Å². The lowest BCUT2D eigenvalue weighted by atomic mass is 9.78. The van der Waals surface area contributed by atoms with E-state index in [9.17, 15) is 9.59 Å². The highest BCUT2D eigenvalue weighted by Crippen LogP contribution is 2.38. The van der Waals surface area contributed by atoms with Gasteiger partial charge in [-0.3, -0.25) is 5.10 Å². The van der Waals surface area contributed by atoms with Crippen LogP contribution in [-0.2, 0) is 18.8 Å². The minimum absolute atomic E-state index is 0.0533. The maximum Gasteiger partial charge on any atom is 0.494 e. The lowest BCUT2D eigenvalue weighted by Gasteiger charge is -2.32. The summed E-state index contributed by atoms with van der Waals surface area (Å²) in [5, 5.41) is 7.65. The third-order valence-corrected chi connectivity index (χ3v) is 6.14. The Hall–Kier alpha value is -2.11. The standard InChI is InChI=1S/C23H33BBrN3O6/c1-20(2,3)31-18(29)28(19(30)32-21(4,5)6)17-14-11-13(12-15(25)16(14)26-27-17)24-33-22(7,8)23(9,10)34-24/h11-12H,1-10H3,(H,26,27). The van der Waals surface area contributed by atoms with E-state index in [1.807, 2.05) is 33.8 Å². The second-order valence-electron chi connectivity index (χ2n) is 11.4. The third kappa shape index (κ3) is 5.41. The zero-order valence-corrected chi connectivity index (χ0v) is 23.0. The molecule has 1 N–H and O–H groups in total. The second-order valence-corrected chi connectivity index (χ2v) is 12.2. The fourth-order valence-corrected chi connectivity index (χ4v) is 3.80. The summed E-state index contributed by atoms with van der Waals surface area (Å²) in [6.45, 7) is 18.2. The molecule has 0 aliphatic carbocycles. The molecular formula is C23H33BBrN3O6. The van der Waals surface area contributed by atoms with Gasteiger partial charge in [0, 0.05) is 9.86 Å². The number of carbonyl (C=O) groups is 2. The Morgan fingerprint density at radius 1 is 0.971 bits per heavy atom. The maximum atomic E-state index is 13.1. The van der Waals surface area contributed by atoms with Crippen LogP contribution in [0.3, 0.4) is 0 Å². The summed E-state index contributed by atoms with van der Waals surface area (Å²) in [4.78, 5) is 27.0. The predicted molar refractivity (Wildman–Crippen MR) is 134 cm³/mol. The molecule has 34 heavy (non-hydrogen) atoms. The molecule has 9 nitrogen and oxygen atoms in total. The topological polar surface area (TPSA) is 103 Å². The highest BCUT2D eigenvalue weighted by Gasteiger charge is 2.52. The van der Waals surface area contributed by atoms with Gasteiger partial charge in [-0.15, -0.1) is 0 Å². The highest BCUT2D eigenvalue weighted by atomic mass is 79.9. The van der Waals surface area contributed by atoms with Crippen LogP contribution >= 0.6 is 15.9 Å². The van der Waals surface area contributed by atoms with Crippen LogP contribution in [0.4, 0.5) is 15.4 Å². The van der Waals surface area contributed by atoms with Gasteiger partial charge >= 0.3 is 19.3 Å². The molecule has 1 fully saturated rings. The Bertz CT molecular complexity index is 1070. The number of fused-ring (bicyclic) bond motifs is 1. The molecule has 0 bridgehead atoms. The first kappa shape index (κ1) is 26.5. The molecule has 11 heteroatoms. The largest absolute Gasteiger partial charge is 0.494 e. The number of imide groups is 1. The summed E-state index contributed by atoms with van der Waals surface area (Å²) < 4.78 is 24.0. The Morgan fingerprint density at radius 3 is 1.88 bits per heavy atom. The van der Waals surface area contributed by atoms with Crippen LogP contribution in [0, 0.1) is 0 Å². The number of hydrogen-bond donors (Lipinski definition) is 1. The third-order valence-electron chi connectivity index (χ3n) is 5.52. The van der Waals surface area contributed by atoms with Gasteiger partial charge in [-0.1, -0.05) is 0 Å². The van der Waals surface area contributed by atoms with Crippen LogP contribution in [0.25, 0.3) is 10.9 Å². The van der Waals surface area contributed by atoms with Gasteiger partial charge in [0.2, 0.25) is 0 Å². The number of nitrogens with one attached hydrogen (secondary N) is 1. The van der Waals surface area contributed by atoms with Crippen molar-refractivity contribution in [1.82, 2.24) is 10.2 Å². The molecule has 2 amide bonds. The minimum atomic E-state index is -0.896. The van der Waals surface area contributed by atoms with E-state index in [1.54, 1.807) is 47.6 Å². The van der Waals surface area contributed by atoms with E-state index >= 15 is 0 Å². The van der Waals surface area contributed by atoms with Crippen molar-refractivity contribution in [3.63, 3.8) is 0 Å². The number of anilines is 1. The van der Waals surface area contributed by atoms with Crippen molar-refractivity contribution >= 4 is 57.4 Å². The van der Waals surface area contributed by atoms with Crippen LogP contribution in [-0.4, -0.2) is 51.9 Å². The average molecular weight is 538 g/mol. The molecule has 2 aromatic rings. The summed E-state index contributed by atoms with van der Waals surface area (Å²) in [6, 6.07) is 3.64. The number of amides is 2. The number of hydrogen-bond acceptors (Lipinski definition) is 7. The number of aromatic nitrogens is 2.